The summed E-state index contributed by atoms with van der Waals surface area (Å²) >= 11 is 1.87. The van der Waals surface area contributed by atoms with Gasteiger partial charge in [-0.2, -0.15) is 0 Å². The second kappa shape index (κ2) is 4.67. The predicted octanol–water partition coefficient (Wildman–Crippen LogP) is 2.47. The first kappa shape index (κ1) is 7.99. The summed E-state index contributed by atoms with van der Waals surface area (Å²) in [7, 11) is 0. The smallest absolute Gasteiger partial charge is 0.0675 e. The van der Waals surface area contributed by atoms with Gasteiger partial charge in [0.05, 0.1) is 5.88 Å². The van der Waals surface area contributed by atoms with Crippen molar-refractivity contribution in [3.05, 3.63) is 18.5 Å². The van der Waals surface area contributed by atoms with E-state index in [1.807, 2.05) is 11.8 Å². The van der Waals surface area contributed by atoms with Crippen LogP contribution in [0.15, 0.2) is 11.6 Å². The number of nitrogens with zero attached hydrogens (tertiary/aromatic N) is 1. The number of thioether (sulfide) groups is 1. The highest BCUT2D eigenvalue weighted by molar-refractivity contribution is 8.02. The van der Waals surface area contributed by atoms with Gasteiger partial charge in [0, 0.05) is 12.7 Å². The molecule has 0 unspecified atom stereocenters. The van der Waals surface area contributed by atoms with Crippen LogP contribution in [0.2, 0.25) is 0 Å². The van der Waals surface area contributed by atoms with Crippen molar-refractivity contribution in [3.8, 4) is 0 Å². The lowest BCUT2D eigenvalue weighted by molar-refractivity contribution is 0.429. The molecule has 0 aliphatic carbocycles. The zero-order valence-electron chi connectivity index (χ0n) is 6.25. The molecule has 1 radical (unpaired) electrons. The Morgan fingerprint density at radius 3 is 3.00 bits per heavy atom. The van der Waals surface area contributed by atoms with Gasteiger partial charge in [-0.3, -0.25) is 0 Å². The van der Waals surface area contributed by atoms with Crippen LogP contribution in [-0.2, 0) is 0 Å². The van der Waals surface area contributed by atoms with Crippen molar-refractivity contribution >= 4 is 11.8 Å². The Morgan fingerprint density at radius 2 is 2.40 bits per heavy atom. The van der Waals surface area contributed by atoms with Gasteiger partial charge in [0.1, 0.15) is 0 Å². The fourth-order valence-electron chi connectivity index (χ4n) is 0.942. The van der Waals surface area contributed by atoms with Crippen LogP contribution in [0.5, 0.6) is 0 Å². The molecule has 0 fully saturated rings. The Kier molecular flexibility index (Phi) is 3.73. The topological polar surface area (TPSA) is 3.24 Å². The van der Waals surface area contributed by atoms with Gasteiger partial charge < -0.3 is 4.90 Å². The molecular formula is C8H14NS. The fraction of sp³-hybridized carbons (Fsp3) is 0.625. The summed E-state index contributed by atoms with van der Waals surface area (Å²) in [4.78, 5) is 2.35. The lowest BCUT2D eigenvalue weighted by Gasteiger charge is -2.13. The molecule has 0 bridgehead atoms. The molecule has 1 heterocycles. The molecule has 1 nitrogen and oxygen atoms in total. The summed E-state index contributed by atoms with van der Waals surface area (Å²) < 4.78 is 0. The summed E-state index contributed by atoms with van der Waals surface area (Å²) in [6, 6.07) is 0. The van der Waals surface area contributed by atoms with E-state index in [2.05, 4.69) is 23.4 Å². The van der Waals surface area contributed by atoms with Crippen molar-refractivity contribution in [2.75, 3.05) is 12.4 Å². The first-order chi connectivity index (χ1) is 4.93. The maximum Gasteiger partial charge on any atom is 0.0675 e. The molecular weight excluding hydrogens is 142 g/mol. The third-order valence-electron chi connectivity index (χ3n) is 1.55. The van der Waals surface area contributed by atoms with Crippen LogP contribution >= 0.6 is 11.8 Å². The van der Waals surface area contributed by atoms with E-state index in [4.69, 9.17) is 0 Å². The maximum absolute atomic E-state index is 3.81. The van der Waals surface area contributed by atoms with Gasteiger partial charge >= 0.3 is 0 Å². The molecule has 0 aromatic carbocycles. The van der Waals surface area contributed by atoms with Crippen molar-refractivity contribution in [1.82, 2.24) is 4.90 Å². The van der Waals surface area contributed by atoms with E-state index in [-0.39, 0.29) is 0 Å². The predicted molar refractivity (Wildman–Crippen MR) is 47.5 cm³/mol. The average molecular weight is 156 g/mol. The van der Waals surface area contributed by atoms with E-state index in [9.17, 15) is 0 Å². The molecule has 0 atom stereocenters. The van der Waals surface area contributed by atoms with Gasteiger partial charge in [-0.05, 0) is 11.8 Å². The quantitative estimate of drug-likeness (QED) is 0.575. The Hall–Kier alpha value is -0.110. The molecule has 0 aromatic rings. The van der Waals surface area contributed by atoms with E-state index < -0.39 is 0 Å². The maximum atomic E-state index is 3.81. The van der Waals surface area contributed by atoms with Gasteiger partial charge in [0.2, 0.25) is 0 Å². The second-order valence-electron chi connectivity index (χ2n) is 2.45. The minimum absolute atomic E-state index is 1.07. The molecule has 0 saturated heterocycles. The van der Waals surface area contributed by atoms with E-state index in [1.54, 1.807) is 0 Å². The zero-order chi connectivity index (χ0) is 7.23. The van der Waals surface area contributed by atoms with Gasteiger partial charge in [-0.15, -0.1) is 11.8 Å². The molecule has 2 heteroatoms. The Morgan fingerprint density at radius 1 is 1.50 bits per heavy atom. The van der Waals surface area contributed by atoms with Crippen molar-refractivity contribution in [1.29, 1.82) is 0 Å². The van der Waals surface area contributed by atoms with Crippen LogP contribution in [0, 0.1) is 6.92 Å². The Bertz CT molecular complexity index is 112. The normalized spacial score (nSPS) is 16.7. The molecule has 0 aromatic heterocycles. The van der Waals surface area contributed by atoms with E-state index in [0.29, 0.717) is 0 Å². The highest BCUT2D eigenvalue weighted by atomic mass is 32.2. The minimum Gasteiger partial charge on any atom is -0.367 e. The highest BCUT2D eigenvalue weighted by Crippen LogP contribution is 2.15. The minimum atomic E-state index is 1.07. The lowest BCUT2D eigenvalue weighted by Crippen LogP contribution is -2.14. The third kappa shape index (κ3) is 2.65. The van der Waals surface area contributed by atoms with E-state index >= 15 is 0 Å². The third-order valence-corrected chi connectivity index (χ3v) is 2.35. The van der Waals surface area contributed by atoms with Crippen molar-refractivity contribution in [2.45, 2.75) is 19.3 Å². The van der Waals surface area contributed by atoms with Crippen molar-refractivity contribution < 1.29 is 0 Å². The molecule has 0 amide bonds. The SMILES string of the molecule is [CH2]CCCCN1C=CSC1. The number of unbranched alkanes of at least 4 members (excludes halogenated alkanes) is 2. The number of hydrogen-bond donors (Lipinski definition) is 0. The molecule has 1 rings (SSSR count). The highest BCUT2D eigenvalue weighted by Gasteiger charge is 2.01. The molecule has 57 valence electrons. The summed E-state index contributed by atoms with van der Waals surface area (Å²) in [6.45, 7) is 5.02. The molecule has 0 N–H and O–H groups in total. The summed E-state index contributed by atoms with van der Waals surface area (Å²) in [5, 5.41) is 2.16. The molecule has 0 spiro atoms. The fourth-order valence-corrected chi connectivity index (χ4v) is 1.69. The van der Waals surface area contributed by atoms with Crippen LogP contribution in [0.3, 0.4) is 0 Å². The summed E-state index contributed by atoms with van der Waals surface area (Å²) in [5.41, 5.74) is 0. The molecule has 10 heavy (non-hydrogen) atoms. The largest absolute Gasteiger partial charge is 0.367 e. The summed E-state index contributed by atoms with van der Waals surface area (Å²) in [6.07, 6.45) is 5.79. The molecule has 1 aliphatic rings. The number of rotatable bonds is 4. The Balaban J connectivity index is 1.97. The lowest BCUT2D eigenvalue weighted by atomic mass is 10.2. The van der Waals surface area contributed by atoms with Gasteiger partial charge in [0.15, 0.2) is 0 Å². The van der Waals surface area contributed by atoms with Gasteiger partial charge in [-0.25, -0.2) is 0 Å². The van der Waals surface area contributed by atoms with Crippen molar-refractivity contribution in [2.24, 2.45) is 0 Å². The monoisotopic (exact) mass is 156 g/mol. The molecule has 1 aliphatic heterocycles. The number of hydrogen-bond acceptors (Lipinski definition) is 2. The van der Waals surface area contributed by atoms with Gasteiger partial charge in [0.25, 0.3) is 0 Å². The first-order valence-corrected chi connectivity index (χ1v) is 4.80. The first-order valence-electron chi connectivity index (χ1n) is 3.75. The van der Waals surface area contributed by atoms with E-state index in [0.717, 1.165) is 12.3 Å². The van der Waals surface area contributed by atoms with Crippen LogP contribution < -0.4 is 0 Å². The average Bonchev–Trinajstić information content (AvgIpc) is 2.41. The van der Waals surface area contributed by atoms with Crippen LogP contribution in [-0.4, -0.2) is 17.3 Å². The molecule has 0 saturated carbocycles. The Labute approximate surface area is 67.5 Å². The second-order valence-corrected chi connectivity index (χ2v) is 3.32. The zero-order valence-corrected chi connectivity index (χ0v) is 7.07. The summed E-state index contributed by atoms with van der Waals surface area (Å²) in [5.74, 6) is 1.15. The van der Waals surface area contributed by atoms with Gasteiger partial charge in [-0.1, -0.05) is 19.8 Å². The van der Waals surface area contributed by atoms with E-state index in [1.165, 1.54) is 19.4 Å². The van der Waals surface area contributed by atoms with Crippen LogP contribution in [0.1, 0.15) is 19.3 Å². The van der Waals surface area contributed by atoms with Crippen LogP contribution in [0.4, 0.5) is 0 Å². The van der Waals surface area contributed by atoms with Crippen molar-refractivity contribution in [3.63, 3.8) is 0 Å². The standard InChI is InChI=1S/C8H14NS/c1-2-3-4-5-9-6-7-10-8-9/h6-7H,1-5,8H2. The van der Waals surface area contributed by atoms with Crippen LogP contribution in [0.25, 0.3) is 0 Å².